The lowest BCUT2D eigenvalue weighted by Gasteiger charge is -2.37. The third-order valence-electron chi connectivity index (χ3n) is 6.06. The van der Waals surface area contributed by atoms with E-state index in [4.69, 9.17) is 51.4 Å². The van der Waals surface area contributed by atoms with Crippen molar-refractivity contribution in [3.05, 3.63) is 104 Å². The molecule has 4 heterocycles. The predicted octanol–water partition coefficient (Wildman–Crippen LogP) is 7.93. The van der Waals surface area contributed by atoms with Crippen molar-refractivity contribution >= 4 is 52.1 Å². The van der Waals surface area contributed by atoms with E-state index in [1.807, 2.05) is 46.0 Å². The van der Waals surface area contributed by atoms with Crippen LogP contribution in [0.15, 0.2) is 88.1 Å². The first-order valence-corrected chi connectivity index (χ1v) is 12.6. The van der Waals surface area contributed by atoms with Crippen LogP contribution in [0.5, 0.6) is 0 Å². The molecule has 0 unspecified atom stereocenters. The third kappa shape index (κ3) is 3.96. The van der Waals surface area contributed by atoms with Gasteiger partial charge in [0.2, 0.25) is 0 Å². The lowest BCUT2D eigenvalue weighted by atomic mass is 10.1. The highest BCUT2D eigenvalue weighted by molar-refractivity contribution is 6.36. The summed E-state index contributed by atoms with van der Waals surface area (Å²) < 4.78 is 1.95. The van der Waals surface area contributed by atoms with Crippen LogP contribution in [-0.2, 0) is 0 Å². The highest BCUT2D eigenvalue weighted by Gasteiger charge is 2.36. The molecular formula is C25H19Cl4N7. The molecule has 0 amide bonds. The largest absolute Gasteiger partial charge is 0.300 e. The number of hydrogen-bond donors (Lipinski definition) is 0. The Balaban J connectivity index is 1.41. The molecule has 3 aliphatic rings. The molecule has 2 aromatic carbocycles. The molecule has 3 aliphatic heterocycles. The molecule has 0 spiro atoms. The van der Waals surface area contributed by atoms with Crippen LogP contribution < -0.4 is 9.91 Å². The van der Waals surface area contributed by atoms with E-state index in [1.54, 1.807) is 24.3 Å². The van der Waals surface area contributed by atoms with Gasteiger partial charge in [0, 0.05) is 28.2 Å². The van der Waals surface area contributed by atoms with Gasteiger partial charge in [-0.15, -0.1) is 10.2 Å². The summed E-state index contributed by atoms with van der Waals surface area (Å²) in [5, 5.41) is 13.4. The predicted molar refractivity (Wildman–Crippen MR) is 145 cm³/mol. The highest BCUT2D eigenvalue weighted by atomic mass is 35.5. The van der Waals surface area contributed by atoms with Gasteiger partial charge in [-0.1, -0.05) is 52.0 Å². The molecule has 7 nitrogen and oxygen atoms in total. The summed E-state index contributed by atoms with van der Waals surface area (Å²) in [4.78, 5) is 8.86. The molecular weight excluding hydrogens is 540 g/mol. The molecule has 0 aliphatic carbocycles. The van der Waals surface area contributed by atoms with Crippen molar-refractivity contribution in [2.45, 2.75) is 20.3 Å². The van der Waals surface area contributed by atoms with Gasteiger partial charge in [-0.2, -0.15) is 0 Å². The van der Waals surface area contributed by atoms with Crippen LogP contribution in [0.3, 0.4) is 0 Å². The second-order valence-electron chi connectivity index (χ2n) is 8.76. The molecule has 0 bridgehead atoms. The van der Waals surface area contributed by atoms with E-state index < -0.39 is 0 Å². The van der Waals surface area contributed by atoms with Crippen molar-refractivity contribution in [3.63, 3.8) is 0 Å². The van der Waals surface area contributed by atoms with E-state index in [1.165, 1.54) is 0 Å². The number of azo groups is 1. The normalized spacial score (nSPS) is 16.9. The number of fused-ring (bicyclic) bond motifs is 2. The Morgan fingerprint density at radius 3 is 2.42 bits per heavy atom. The van der Waals surface area contributed by atoms with Crippen LogP contribution in [0.2, 0.25) is 20.1 Å². The Kier molecular flexibility index (Phi) is 5.76. The van der Waals surface area contributed by atoms with Crippen molar-refractivity contribution in [3.8, 4) is 11.4 Å². The van der Waals surface area contributed by atoms with Crippen LogP contribution in [0.25, 0.3) is 11.4 Å². The Bertz CT molecular complexity index is 1540. The zero-order valence-corrected chi connectivity index (χ0v) is 22.3. The van der Waals surface area contributed by atoms with Gasteiger partial charge < -0.3 is 4.90 Å². The van der Waals surface area contributed by atoms with E-state index in [-0.39, 0.29) is 0 Å². The first-order chi connectivity index (χ1) is 17.3. The highest BCUT2D eigenvalue weighted by Crippen LogP contribution is 2.42. The number of imidazole rings is 1. The summed E-state index contributed by atoms with van der Waals surface area (Å²) in [6, 6.07) is 10.8. The van der Waals surface area contributed by atoms with Gasteiger partial charge in [0.25, 0.3) is 0 Å². The average molecular weight is 559 g/mol. The first-order valence-electron chi connectivity index (χ1n) is 11.1. The van der Waals surface area contributed by atoms with Crippen LogP contribution >= 0.6 is 46.4 Å². The van der Waals surface area contributed by atoms with Gasteiger partial charge in [-0.3, -0.25) is 9.91 Å². The molecule has 0 atom stereocenters. The minimum atomic E-state index is 0.468. The second-order valence-corrected chi connectivity index (χ2v) is 10.4. The van der Waals surface area contributed by atoms with Crippen molar-refractivity contribution in [1.29, 1.82) is 0 Å². The topological polar surface area (TPSA) is 52.3 Å². The molecule has 0 N–H and O–H groups in total. The Labute approximate surface area is 228 Å². The second kappa shape index (κ2) is 8.85. The summed E-state index contributed by atoms with van der Waals surface area (Å²) >= 11 is 25.7. The summed E-state index contributed by atoms with van der Waals surface area (Å²) in [5.41, 5.74) is 4.34. The lowest BCUT2D eigenvalue weighted by Crippen LogP contribution is -2.40. The van der Waals surface area contributed by atoms with Gasteiger partial charge in [0.1, 0.15) is 18.2 Å². The molecule has 36 heavy (non-hydrogen) atoms. The van der Waals surface area contributed by atoms with Gasteiger partial charge in [0.15, 0.2) is 11.6 Å². The SMILES string of the molecule is CC1=CN(c2cc(Cl)ccc2Cl)C2=C(C1)N=NC1=CN(n3cc(C)nc3-c3cc(Cl)ccc3Cl)CN12. The monoisotopic (exact) mass is 557 g/mol. The average Bonchev–Trinajstić information content (AvgIpc) is 3.45. The Morgan fingerprint density at radius 1 is 0.861 bits per heavy atom. The van der Waals surface area contributed by atoms with Crippen LogP contribution in [-0.4, -0.2) is 21.2 Å². The summed E-state index contributed by atoms with van der Waals surface area (Å²) in [7, 11) is 0. The maximum atomic E-state index is 6.61. The minimum Gasteiger partial charge on any atom is -0.300 e. The fraction of sp³-hybridized carbons (Fsp3) is 0.160. The molecule has 6 rings (SSSR count). The maximum Gasteiger partial charge on any atom is 0.176 e. The smallest absolute Gasteiger partial charge is 0.176 e. The Morgan fingerprint density at radius 2 is 1.61 bits per heavy atom. The minimum absolute atomic E-state index is 0.468. The zero-order valence-electron chi connectivity index (χ0n) is 19.3. The van der Waals surface area contributed by atoms with Crippen molar-refractivity contribution in [2.75, 3.05) is 16.6 Å². The first kappa shape index (κ1) is 23.4. The fourth-order valence-corrected chi connectivity index (χ4v) is 5.27. The number of allylic oxidation sites excluding steroid dienone is 1. The third-order valence-corrected chi connectivity index (χ3v) is 7.18. The molecule has 11 heteroatoms. The molecule has 0 saturated heterocycles. The number of rotatable bonds is 3. The molecule has 1 aromatic heterocycles. The molecule has 0 radical (unpaired) electrons. The van der Waals surface area contributed by atoms with E-state index in [0.29, 0.717) is 44.8 Å². The van der Waals surface area contributed by atoms with Gasteiger partial charge in [0.05, 0.1) is 33.8 Å². The summed E-state index contributed by atoms with van der Waals surface area (Å²) in [5.74, 6) is 2.25. The number of aryl methyl sites for hydroxylation is 1. The number of halogens is 4. The molecule has 3 aromatic rings. The quantitative estimate of drug-likeness (QED) is 0.327. The lowest BCUT2D eigenvalue weighted by molar-refractivity contribution is 0.403. The molecule has 0 saturated carbocycles. The van der Waals surface area contributed by atoms with Gasteiger partial charge >= 0.3 is 0 Å². The summed E-state index contributed by atoms with van der Waals surface area (Å²) in [6.45, 7) is 4.46. The molecule has 182 valence electrons. The van der Waals surface area contributed by atoms with E-state index >= 15 is 0 Å². The van der Waals surface area contributed by atoms with E-state index in [2.05, 4.69) is 28.3 Å². The standard InChI is InChI=1S/C25H19Cl4N7/c1-14-7-21-25(34(10-14)22-9-17(27)4-6-20(22)29)35-13-33(12-23(35)32-31-21)36-11-15(2)30-24(36)18-8-16(26)3-5-19(18)28/h3-6,8-12H,7,13H2,1-2H3. The number of anilines is 1. The number of benzene rings is 2. The fourth-order valence-electron chi connectivity index (χ4n) is 4.52. The van der Waals surface area contributed by atoms with Crippen LogP contribution in [0.4, 0.5) is 5.69 Å². The van der Waals surface area contributed by atoms with Gasteiger partial charge in [-0.25, -0.2) is 9.66 Å². The van der Waals surface area contributed by atoms with E-state index in [0.717, 1.165) is 34.0 Å². The zero-order chi connectivity index (χ0) is 25.1. The van der Waals surface area contributed by atoms with Crippen LogP contribution in [0.1, 0.15) is 19.0 Å². The number of nitrogens with zero attached hydrogens (tertiary/aromatic N) is 7. The number of aromatic nitrogens is 2. The van der Waals surface area contributed by atoms with Crippen molar-refractivity contribution in [2.24, 2.45) is 10.2 Å². The Hall–Kier alpha value is -2.97. The maximum absolute atomic E-state index is 6.61. The van der Waals surface area contributed by atoms with Crippen molar-refractivity contribution in [1.82, 2.24) is 14.6 Å². The number of hydrogen-bond acceptors (Lipinski definition) is 6. The summed E-state index contributed by atoms with van der Waals surface area (Å²) in [6.07, 6.45) is 6.63. The van der Waals surface area contributed by atoms with Crippen molar-refractivity contribution < 1.29 is 0 Å². The van der Waals surface area contributed by atoms with Gasteiger partial charge in [-0.05, 0) is 50.2 Å². The van der Waals surface area contributed by atoms with Crippen LogP contribution in [0, 0.1) is 6.92 Å². The van der Waals surface area contributed by atoms with E-state index in [9.17, 15) is 0 Å². The molecule has 0 fully saturated rings.